The summed E-state index contributed by atoms with van der Waals surface area (Å²) in [6.07, 6.45) is 0. The fourth-order valence-corrected chi connectivity index (χ4v) is 2.10. The smallest absolute Gasteiger partial charge is 0.246 e. The predicted molar refractivity (Wildman–Crippen MR) is 85.3 cm³/mol. The van der Waals surface area contributed by atoms with Gasteiger partial charge in [0.15, 0.2) is 11.5 Å². The van der Waals surface area contributed by atoms with Crippen molar-refractivity contribution in [1.29, 1.82) is 0 Å². The molecule has 0 aliphatic rings. The van der Waals surface area contributed by atoms with E-state index in [9.17, 15) is 4.79 Å². The molecule has 2 heterocycles. The minimum atomic E-state index is -0.231. The molecule has 24 heavy (non-hydrogen) atoms. The van der Waals surface area contributed by atoms with Crippen LogP contribution < -0.4 is 10.1 Å². The molecule has 0 aliphatic heterocycles. The van der Waals surface area contributed by atoms with Crippen LogP contribution in [-0.2, 0) is 22.7 Å². The van der Waals surface area contributed by atoms with E-state index in [1.165, 1.54) is 11.6 Å². The highest BCUT2D eigenvalue weighted by Crippen LogP contribution is 2.08. The summed E-state index contributed by atoms with van der Waals surface area (Å²) in [5.74, 6) is 0.729. The molecule has 0 bridgehead atoms. The minimum Gasteiger partial charge on any atom is -0.480 e. The van der Waals surface area contributed by atoms with Crippen molar-refractivity contribution in [2.24, 2.45) is 0 Å². The number of nitrogens with one attached hydrogen (secondary N) is 1. The van der Waals surface area contributed by atoms with Crippen LogP contribution in [0.3, 0.4) is 0 Å². The molecule has 0 aliphatic carbocycles. The van der Waals surface area contributed by atoms with Gasteiger partial charge in [0.2, 0.25) is 11.8 Å². The third-order valence-corrected chi connectivity index (χ3v) is 3.30. The fourth-order valence-electron chi connectivity index (χ4n) is 2.10. The quantitative estimate of drug-likeness (QED) is 0.695. The van der Waals surface area contributed by atoms with Gasteiger partial charge in [-0.15, -0.1) is 15.3 Å². The standard InChI is InChI=1S/C16H17N5O3/c1-23-16-8-7-13-18-19-14(21(13)20-16)9-17-15(22)11-24-10-12-5-3-2-4-6-12/h2-8H,9-11H2,1H3,(H,17,22). The summed E-state index contributed by atoms with van der Waals surface area (Å²) in [6.45, 7) is 0.568. The van der Waals surface area contributed by atoms with E-state index in [1.54, 1.807) is 12.1 Å². The van der Waals surface area contributed by atoms with Crippen LogP contribution in [-0.4, -0.2) is 39.4 Å². The molecule has 0 fully saturated rings. The Kier molecular flexibility index (Phi) is 4.97. The maximum atomic E-state index is 11.8. The lowest BCUT2D eigenvalue weighted by atomic mass is 10.2. The Labute approximate surface area is 138 Å². The van der Waals surface area contributed by atoms with Gasteiger partial charge in [-0.25, -0.2) is 0 Å². The lowest BCUT2D eigenvalue weighted by Gasteiger charge is -2.06. The molecule has 3 rings (SSSR count). The summed E-state index contributed by atoms with van der Waals surface area (Å²) < 4.78 is 12.0. The molecule has 124 valence electrons. The second kappa shape index (κ2) is 7.51. The average Bonchev–Trinajstić information content (AvgIpc) is 3.03. The highest BCUT2D eigenvalue weighted by Gasteiger charge is 2.09. The SMILES string of the molecule is COc1ccc2nnc(CNC(=O)COCc3ccccc3)n2n1. The molecule has 0 radical (unpaired) electrons. The second-order valence-electron chi connectivity index (χ2n) is 5.02. The zero-order chi connectivity index (χ0) is 16.8. The van der Waals surface area contributed by atoms with E-state index in [1.807, 2.05) is 30.3 Å². The number of ether oxygens (including phenoxy) is 2. The Balaban J connectivity index is 1.51. The summed E-state index contributed by atoms with van der Waals surface area (Å²) in [7, 11) is 1.53. The third-order valence-electron chi connectivity index (χ3n) is 3.30. The van der Waals surface area contributed by atoms with Crippen LogP contribution >= 0.6 is 0 Å². The number of rotatable bonds is 7. The van der Waals surface area contributed by atoms with Gasteiger partial charge in [-0.2, -0.15) is 4.52 Å². The molecule has 1 N–H and O–H groups in total. The van der Waals surface area contributed by atoms with E-state index < -0.39 is 0 Å². The number of carbonyl (C=O) groups excluding carboxylic acids is 1. The van der Waals surface area contributed by atoms with Gasteiger partial charge < -0.3 is 14.8 Å². The summed E-state index contributed by atoms with van der Waals surface area (Å²) in [6, 6.07) is 13.1. The average molecular weight is 327 g/mol. The van der Waals surface area contributed by atoms with Crippen LogP contribution in [0.25, 0.3) is 5.65 Å². The molecule has 0 spiro atoms. The maximum Gasteiger partial charge on any atom is 0.246 e. The van der Waals surface area contributed by atoms with Crippen molar-refractivity contribution in [2.75, 3.05) is 13.7 Å². The van der Waals surface area contributed by atoms with Crippen LogP contribution in [0.1, 0.15) is 11.4 Å². The number of hydrogen-bond donors (Lipinski definition) is 1. The molecule has 0 unspecified atom stereocenters. The Morgan fingerprint density at radius 2 is 2.00 bits per heavy atom. The molecule has 3 aromatic rings. The first kappa shape index (κ1) is 15.9. The molecule has 2 aromatic heterocycles. The van der Waals surface area contributed by atoms with Gasteiger partial charge in [0.1, 0.15) is 6.61 Å². The van der Waals surface area contributed by atoms with Gasteiger partial charge in [0.25, 0.3) is 0 Å². The van der Waals surface area contributed by atoms with E-state index in [0.717, 1.165) is 5.56 Å². The maximum absolute atomic E-state index is 11.8. The van der Waals surface area contributed by atoms with Crippen LogP contribution in [0.4, 0.5) is 0 Å². The van der Waals surface area contributed by atoms with Crippen LogP contribution in [0.15, 0.2) is 42.5 Å². The monoisotopic (exact) mass is 327 g/mol. The predicted octanol–water partition coefficient (Wildman–Crippen LogP) is 0.966. The molecule has 1 amide bonds. The van der Waals surface area contributed by atoms with E-state index in [0.29, 0.717) is 24.0 Å². The van der Waals surface area contributed by atoms with Crippen molar-refractivity contribution < 1.29 is 14.3 Å². The molecule has 1 aromatic carbocycles. The highest BCUT2D eigenvalue weighted by atomic mass is 16.5. The van der Waals surface area contributed by atoms with Crippen molar-refractivity contribution >= 4 is 11.6 Å². The number of benzene rings is 1. The molecule has 0 saturated carbocycles. The number of hydrogen-bond acceptors (Lipinski definition) is 6. The molecule has 0 atom stereocenters. The summed E-state index contributed by atoms with van der Waals surface area (Å²) >= 11 is 0. The van der Waals surface area contributed by atoms with Crippen molar-refractivity contribution in [1.82, 2.24) is 25.1 Å². The molecule has 8 nitrogen and oxygen atoms in total. The van der Waals surface area contributed by atoms with E-state index >= 15 is 0 Å². The van der Waals surface area contributed by atoms with Gasteiger partial charge in [-0.1, -0.05) is 30.3 Å². The lowest BCUT2D eigenvalue weighted by molar-refractivity contribution is -0.126. The van der Waals surface area contributed by atoms with Gasteiger partial charge in [0.05, 0.1) is 20.3 Å². The Morgan fingerprint density at radius 1 is 1.17 bits per heavy atom. The zero-order valence-electron chi connectivity index (χ0n) is 13.2. The van der Waals surface area contributed by atoms with Crippen molar-refractivity contribution in [3.05, 3.63) is 53.9 Å². The number of nitrogens with zero attached hydrogens (tertiary/aromatic N) is 4. The lowest BCUT2D eigenvalue weighted by Crippen LogP contribution is -2.28. The fraction of sp³-hybridized carbons (Fsp3) is 0.250. The number of aromatic nitrogens is 4. The Hall–Kier alpha value is -3.00. The summed E-state index contributed by atoms with van der Waals surface area (Å²) in [5, 5.41) is 14.9. The Morgan fingerprint density at radius 3 is 2.79 bits per heavy atom. The van der Waals surface area contributed by atoms with Crippen LogP contribution in [0.5, 0.6) is 5.88 Å². The van der Waals surface area contributed by atoms with E-state index in [-0.39, 0.29) is 19.1 Å². The summed E-state index contributed by atoms with van der Waals surface area (Å²) in [5.41, 5.74) is 1.60. The first-order valence-electron chi connectivity index (χ1n) is 7.40. The van der Waals surface area contributed by atoms with Crippen molar-refractivity contribution in [3.63, 3.8) is 0 Å². The van der Waals surface area contributed by atoms with Gasteiger partial charge in [0, 0.05) is 6.07 Å². The first-order chi connectivity index (χ1) is 11.8. The number of carbonyl (C=O) groups is 1. The van der Waals surface area contributed by atoms with Crippen molar-refractivity contribution in [3.8, 4) is 5.88 Å². The topological polar surface area (TPSA) is 90.6 Å². The zero-order valence-corrected chi connectivity index (χ0v) is 13.2. The van der Waals surface area contributed by atoms with Gasteiger partial charge >= 0.3 is 0 Å². The van der Waals surface area contributed by atoms with E-state index in [4.69, 9.17) is 9.47 Å². The summed E-state index contributed by atoms with van der Waals surface area (Å²) in [4.78, 5) is 11.8. The normalized spacial score (nSPS) is 10.7. The highest BCUT2D eigenvalue weighted by molar-refractivity contribution is 5.77. The minimum absolute atomic E-state index is 0.0254. The number of fused-ring (bicyclic) bond motifs is 1. The first-order valence-corrected chi connectivity index (χ1v) is 7.40. The molecule has 0 saturated heterocycles. The Bertz CT molecular complexity index is 819. The molecular formula is C16H17N5O3. The number of methoxy groups -OCH3 is 1. The third kappa shape index (κ3) is 3.85. The van der Waals surface area contributed by atoms with Gasteiger partial charge in [-0.3, -0.25) is 4.79 Å². The molecular weight excluding hydrogens is 310 g/mol. The van der Waals surface area contributed by atoms with E-state index in [2.05, 4.69) is 20.6 Å². The largest absolute Gasteiger partial charge is 0.480 e. The number of amides is 1. The van der Waals surface area contributed by atoms with Crippen LogP contribution in [0.2, 0.25) is 0 Å². The molecule has 8 heteroatoms. The second-order valence-corrected chi connectivity index (χ2v) is 5.02. The van der Waals surface area contributed by atoms with Crippen molar-refractivity contribution in [2.45, 2.75) is 13.2 Å². The van der Waals surface area contributed by atoms with Gasteiger partial charge in [-0.05, 0) is 11.6 Å². The van der Waals surface area contributed by atoms with Crippen LogP contribution in [0, 0.1) is 0 Å².